The second kappa shape index (κ2) is 4.72. The molecule has 0 amide bonds. The van der Waals surface area contributed by atoms with E-state index in [-0.39, 0.29) is 11.6 Å². The minimum absolute atomic E-state index is 0.186. The molecular weight excluding hydrogens is 273 g/mol. The molecule has 4 heteroatoms. The van der Waals surface area contributed by atoms with Crippen LogP contribution in [0.15, 0.2) is 10.5 Å². The fourth-order valence-corrected chi connectivity index (χ4v) is 2.62. The van der Waals surface area contributed by atoms with Gasteiger partial charge in [-0.15, -0.1) is 0 Å². The summed E-state index contributed by atoms with van der Waals surface area (Å²) in [6.07, 6.45) is 1.83. The van der Waals surface area contributed by atoms with Crippen LogP contribution in [-0.4, -0.2) is 18.2 Å². The summed E-state index contributed by atoms with van der Waals surface area (Å²) in [4.78, 5) is 0. The van der Waals surface area contributed by atoms with Gasteiger partial charge in [-0.2, -0.15) is 0 Å². The Labute approximate surface area is 103 Å². The number of halogens is 2. The van der Waals surface area contributed by atoms with Crippen LogP contribution in [0.2, 0.25) is 0 Å². The number of nitrogens with one attached hydrogen (secondary N) is 1. The van der Waals surface area contributed by atoms with Gasteiger partial charge in [-0.25, -0.2) is 4.39 Å². The van der Waals surface area contributed by atoms with Crippen molar-refractivity contribution in [2.75, 3.05) is 13.1 Å². The fraction of sp³-hybridized carbons (Fsp3) is 0.500. The maximum Gasteiger partial charge on any atom is 0.133 e. The average Bonchev–Trinajstić information content (AvgIpc) is 2.74. The van der Waals surface area contributed by atoms with E-state index in [0.29, 0.717) is 16.0 Å². The molecule has 1 aromatic carbocycles. The van der Waals surface area contributed by atoms with Gasteiger partial charge >= 0.3 is 0 Å². The zero-order chi connectivity index (χ0) is 11.7. The van der Waals surface area contributed by atoms with Gasteiger partial charge < -0.3 is 10.4 Å². The second-order valence-corrected chi connectivity index (χ2v) is 5.21. The normalized spacial score (nSPS) is 20.3. The Kier molecular flexibility index (Phi) is 3.50. The number of hydrogen-bond acceptors (Lipinski definition) is 2. The highest BCUT2D eigenvalue weighted by atomic mass is 79.9. The van der Waals surface area contributed by atoms with Crippen LogP contribution in [0.1, 0.15) is 17.5 Å². The van der Waals surface area contributed by atoms with Crippen LogP contribution in [0.3, 0.4) is 0 Å². The van der Waals surface area contributed by atoms with E-state index in [1.165, 1.54) is 6.07 Å². The molecule has 88 valence electrons. The van der Waals surface area contributed by atoms with Crippen LogP contribution in [0, 0.1) is 18.7 Å². The monoisotopic (exact) mass is 287 g/mol. The van der Waals surface area contributed by atoms with Crippen molar-refractivity contribution >= 4 is 15.9 Å². The van der Waals surface area contributed by atoms with E-state index in [0.717, 1.165) is 31.5 Å². The number of rotatable bonds is 2. The lowest BCUT2D eigenvalue weighted by molar-refractivity contribution is 0.451. The van der Waals surface area contributed by atoms with Crippen molar-refractivity contribution in [1.82, 2.24) is 5.32 Å². The Morgan fingerprint density at radius 2 is 2.38 bits per heavy atom. The lowest BCUT2D eigenvalue weighted by atomic mass is 9.94. The largest absolute Gasteiger partial charge is 0.506 e. The average molecular weight is 288 g/mol. The summed E-state index contributed by atoms with van der Waals surface area (Å²) in [6, 6.07) is 1.32. The summed E-state index contributed by atoms with van der Waals surface area (Å²) < 4.78 is 14.0. The minimum Gasteiger partial charge on any atom is -0.506 e. The Bertz CT molecular complexity index is 376. The van der Waals surface area contributed by atoms with Crippen LogP contribution in [0.4, 0.5) is 4.39 Å². The highest BCUT2D eigenvalue weighted by Crippen LogP contribution is 2.34. The van der Waals surface area contributed by atoms with Gasteiger partial charge in [0.1, 0.15) is 11.6 Å². The van der Waals surface area contributed by atoms with E-state index in [1.54, 1.807) is 6.92 Å². The van der Waals surface area contributed by atoms with Crippen molar-refractivity contribution in [1.29, 1.82) is 0 Å². The van der Waals surface area contributed by atoms with Gasteiger partial charge in [0, 0.05) is 5.56 Å². The summed E-state index contributed by atoms with van der Waals surface area (Å²) in [5.41, 5.74) is 1.30. The number of phenols is 1. The first kappa shape index (κ1) is 11.9. The molecular formula is C12H15BrFNO. The first-order chi connectivity index (χ1) is 7.59. The zero-order valence-corrected chi connectivity index (χ0v) is 10.8. The van der Waals surface area contributed by atoms with Gasteiger partial charge in [0.15, 0.2) is 0 Å². The molecule has 1 saturated heterocycles. The van der Waals surface area contributed by atoms with Crippen molar-refractivity contribution < 1.29 is 9.50 Å². The molecule has 0 saturated carbocycles. The van der Waals surface area contributed by atoms with Crippen molar-refractivity contribution in [3.8, 4) is 5.75 Å². The predicted octanol–water partition coefficient (Wildman–Crippen LogP) is 2.75. The predicted molar refractivity (Wildman–Crippen MR) is 65.2 cm³/mol. The molecule has 0 bridgehead atoms. The van der Waals surface area contributed by atoms with Crippen molar-refractivity contribution in [3.05, 3.63) is 27.5 Å². The molecule has 1 aromatic rings. The second-order valence-electron chi connectivity index (χ2n) is 4.36. The molecule has 1 heterocycles. The number of benzene rings is 1. The molecule has 0 aliphatic carbocycles. The summed E-state index contributed by atoms with van der Waals surface area (Å²) in [5.74, 6) is 0.426. The molecule has 0 spiro atoms. The highest BCUT2D eigenvalue weighted by molar-refractivity contribution is 9.10. The van der Waals surface area contributed by atoms with Crippen molar-refractivity contribution in [2.24, 2.45) is 5.92 Å². The molecule has 0 radical (unpaired) electrons. The van der Waals surface area contributed by atoms with E-state index in [1.807, 2.05) is 0 Å². The molecule has 2 N–H and O–H groups in total. The van der Waals surface area contributed by atoms with E-state index in [2.05, 4.69) is 21.2 Å². The maximum absolute atomic E-state index is 13.5. The fourth-order valence-electron chi connectivity index (χ4n) is 2.18. The standard InChI is InChI=1S/C12H15BrFNO/c1-7-9(4-8-2-3-15-6-8)12(16)10(13)5-11(7)14/h5,8,15-16H,2-4,6H2,1H3. The van der Waals surface area contributed by atoms with Crippen LogP contribution in [0.5, 0.6) is 5.75 Å². The van der Waals surface area contributed by atoms with Crippen LogP contribution < -0.4 is 5.32 Å². The third kappa shape index (κ3) is 2.23. The van der Waals surface area contributed by atoms with Gasteiger partial charge in [-0.05, 0) is 66.3 Å². The van der Waals surface area contributed by atoms with Crippen molar-refractivity contribution in [3.63, 3.8) is 0 Å². The van der Waals surface area contributed by atoms with Crippen molar-refractivity contribution in [2.45, 2.75) is 19.8 Å². The third-order valence-electron chi connectivity index (χ3n) is 3.23. The Morgan fingerprint density at radius 1 is 1.62 bits per heavy atom. The molecule has 1 unspecified atom stereocenters. The molecule has 1 atom stereocenters. The Balaban J connectivity index is 2.31. The third-order valence-corrected chi connectivity index (χ3v) is 3.84. The first-order valence-electron chi connectivity index (χ1n) is 5.46. The van der Waals surface area contributed by atoms with E-state index in [4.69, 9.17) is 0 Å². The van der Waals surface area contributed by atoms with Gasteiger partial charge in [-0.3, -0.25) is 0 Å². The Morgan fingerprint density at radius 3 is 3.00 bits per heavy atom. The van der Waals surface area contributed by atoms with E-state index in [9.17, 15) is 9.50 Å². The molecule has 1 aliphatic rings. The summed E-state index contributed by atoms with van der Waals surface area (Å²) in [7, 11) is 0. The van der Waals surface area contributed by atoms with Crippen LogP contribution in [0.25, 0.3) is 0 Å². The van der Waals surface area contributed by atoms with Gasteiger partial charge in [0.05, 0.1) is 4.47 Å². The van der Waals surface area contributed by atoms with Crippen LogP contribution >= 0.6 is 15.9 Å². The summed E-state index contributed by atoms with van der Waals surface area (Å²) >= 11 is 3.17. The number of hydrogen-bond donors (Lipinski definition) is 2. The lowest BCUT2D eigenvalue weighted by Crippen LogP contribution is -2.11. The molecule has 0 aromatic heterocycles. The molecule has 1 fully saturated rings. The van der Waals surface area contributed by atoms with Crippen LogP contribution in [-0.2, 0) is 6.42 Å². The maximum atomic E-state index is 13.5. The SMILES string of the molecule is Cc1c(F)cc(Br)c(O)c1CC1CCNC1. The van der Waals surface area contributed by atoms with E-state index < -0.39 is 0 Å². The zero-order valence-electron chi connectivity index (χ0n) is 9.19. The number of aromatic hydroxyl groups is 1. The smallest absolute Gasteiger partial charge is 0.133 e. The summed E-state index contributed by atoms with van der Waals surface area (Å²) in [6.45, 7) is 3.69. The quantitative estimate of drug-likeness (QED) is 0.877. The topological polar surface area (TPSA) is 32.3 Å². The van der Waals surface area contributed by atoms with E-state index >= 15 is 0 Å². The first-order valence-corrected chi connectivity index (χ1v) is 6.26. The molecule has 2 nitrogen and oxygen atoms in total. The Hall–Kier alpha value is -0.610. The molecule has 1 aliphatic heterocycles. The molecule has 16 heavy (non-hydrogen) atoms. The number of phenolic OH excluding ortho intramolecular Hbond substituents is 1. The van der Waals surface area contributed by atoms with Gasteiger partial charge in [-0.1, -0.05) is 0 Å². The minimum atomic E-state index is -0.259. The van der Waals surface area contributed by atoms with Gasteiger partial charge in [0.2, 0.25) is 0 Å². The highest BCUT2D eigenvalue weighted by Gasteiger charge is 2.20. The van der Waals surface area contributed by atoms with Gasteiger partial charge in [0.25, 0.3) is 0 Å². The summed E-state index contributed by atoms with van der Waals surface area (Å²) in [5, 5.41) is 13.2. The molecule has 2 rings (SSSR count). The lowest BCUT2D eigenvalue weighted by Gasteiger charge is -2.14.